The third kappa shape index (κ3) is 4.06. The second kappa shape index (κ2) is 7.42. The van der Waals surface area contributed by atoms with E-state index in [1.165, 1.54) is 38.0 Å². The number of likely N-dealkylation sites (tertiary alicyclic amines) is 1. The summed E-state index contributed by atoms with van der Waals surface area (Å²) in [7, 11) is 0. The SMILES string of the molecule is CCN1CCC(CNC(C)c2ccc(C#N)cc2)CC1. The van der Waals surface area contributed by atoms with E-state index in [0.29, 0.717) is 6.04 Å². The lowest BCUT2D eigenvalue weighted by atomic mass is 9.96. The van der Waals surface area contributed by atoms with Gasteiger partial charge >= 0.3 is 0 Å². The number of nitriles is 1. The molecule has 3 heteroatoms. The molecule has 0 bridgehead atoms. The van der Waals surface area contributed by atoms with Crippen molar-refractivity contribution in [2.45, 2.75) is 32.7 Å². The first-order valence-corrected chi connectivity index (χ1v) is 7.68. The zero-order valence-corrected chi connectivity index (χ0v) is 12.6. The Labute approximate surface area is 122 Å². The van der Waals surface area contributed by atoms with E-state index in [-0.39, 0.29) is 0 Å². The molecule has 1 unspecified atom stereocenters. The maximum absolute atomic E-state index is 8.81. The summed E-state index contributed by atoms with van der Waals surface area (Å²) < 4.78 is 0. The molecule has 108 valence electrons. The molecule has 1 aliphatic heterocycles. The molecule has 1 aliphatic rings. The van der Waals surface area contributed by atoms with Crippen LogP contribution >= 0.6 is 0 Å². The van der Waals surface area contributed by atoms with Crippen molar-refractivity contribution in [2.75, 3.05) is 26.2 Å². The van der Waals surface area contributed by atoms with E-state index >= 15 is 0 Å². The van der Waals surface area contributed by atoms with Crippen molar-refractivity contribution in [3.8, 4) is 6.07 Å². The van der Waals surface area contributed by atoms with Gasteiger partial charge in [0.1, 0.15) is 0 Å². The van der Waals surface area contributed by atoms with Gasteiger partial charge in [-0.3, -0.25) is 0 Å². The van der Waals surface area contributed by atoms with E-state index in [1.54, 1.807) is 0 Å². The quantitative estimate of drug-likeness (QED) is 0.895. The Bertz CT molecular complexity index is 438. The van der Waals surface area contributed by atoms with E-state index in [4.69, 9.17) is 5.26 Å². The van der Waals surface area contributed by atoms with Gasteiger partial charge in [0.05, 0.1) is 11.6 Å². The molecule has 0 spiro atoms. The highest BCUT2D eigenvalue weighted by Gasteiger charge is 2.18. The number of nitrogens with one attached hydrogen (secondary N) is 1. The second-order valence-electron chi connectivity index (χ2n) is 5.74. The molecule has 1 aromatic carbocycles. The van der Waals surface area contributed by atoms with Crippen molar-refractivity contribution in [1.29, 1.82) is 5.26 Å². The van der Waals surface area contributed by atoms with Crippen LogP contribution in [0, 0.1) is 17.2 Å². The number of piperidine rings is 1. The Hall–Kier alpha value is -1.37. The van der Waals surface area contributed by atoms with Crippen LogP contribution in [0.1, 0.15) is 43.9 Å². The fourth-order valence-corrected chi connectivity index (χ4v) is 2.81. The lowest BCUT2D eigenvalue weighted by Gasteiger charge is -2.31. The summed E-state index contributed by atoms with van der Waals surface area (Å²) in [4.78, 5) is 2.53. The monoisotopic (exact) mass is 271 g/mol. The first-order valence-electron chi connectivity index (χ1n) is 7.68. The predicted octanol–water partition coefficient (Wildman–Crippen LogP) is 2.94. The standard InChI is InChI=1S/C17H25N3/c1-3-20-10-8-16(9-11-20)13-19-14(2)17-6-4-15(12-18)5-7-17/h4-7,14,16,19H,3,8-11,13H2,1-2H3. The molecule has 1 N–H and O–H groups in total. The van der Waals surface area contributed by atoms with E-state index < -0.39 is 0 Å². The fraction of sp³-hybridized carbons (Fsp3) is 0.588. The molecule has 3 nitrogen and oxygen atoms in total. The predicted molar refractivity (Wildman–Crippen MR) is 82.4 cm³/mol. The minimum absolute atomic E-state index is 0.354. The summed E-state index contributed by atoms with van der Waals surface area (Å²) in [5.41, 5.74) is 1.99. The third-order valence-electron chi connectivity index (χ3n) is 4.41. The van der Waals surface area contributed by atoms with Gasteiger partial charge in [-0.05, 0) is 69.6 Å². The summed E-state index contributed by atoms with van der Waals surface area (Å²) in [5.74, 6) is 0.804. The summed E-state index contributed by atoms with van der Waals surface area (Å²) in [5, 5.41) is 12.5. The van der Waals surface area contributed by atoms with E-state index in [1.807, 2.05) is 12.1 Å². The molecule has 0 aliphatic carbocycles. The molecular weight excluding hydrogens is 246 g/mol. The van der Waals surface area contributed by atoms with Gasteiger partial charge < -0.3 is 10.2 Å². The average Bonchev–Trinajstić information content (AvgIpc) is 2.53. The van der Waals surface area contributed by atoms with Gasteiger partial charge in [-0.25, -0.2) is 0 Å². The lowest BCUT2D eigenvalue weighted by molar-refractivity contribution is 0.188. The normalized spacial score (nSPS) is 18.6. The number of hydrogen-bond donors (Lipinski definition) is 1. The van der Waals surface area contributed by atoms with Crippen molar-refractivity contribution in [3.63, 3.8) is 0 Å². The topological polar surface area (TPSA) is 39.1 Å². The molecule has 0 radical (unpaired) electrons. The second-order valence-corrected chi connectivity index (χ2v) is 5.74. The summed E-state index contributed by atoms with van der Waals surface area (Å²) in [6.45, 7) is 9.21. The van der Waals surface area contributed by atoms with Crippen LogP contribution in [0.3, 0.4) is 0 Å². The third-order valence-corrected chi connectivity index (χ3v) is 4.41. The molecule has 1 atom stereocenters. The molecule has 0 saturated carbocycles. The number of hydrogen-bond acceptors (Lipinski definition) is 3. The molecular formula is C17H25N3. The van der Waals surface area contributed by atoms with Crippen molar-refractivity contribution in [3.05, 3.63) is 35.4 Å². The Balaban J connectivity index is 1.77. The highest BCUT2D eigenvalue weighted by Crippen LogP contribution is 2.18. The van der Waals surface area contributed by atoms with Crippen molar-refractivity contribution in [1.82, 2.24) is 10.2 Å². The lowest BCUT2D eigenvalue weighted by Crippen LogP contribution is -2.37. The zero-order chi connectivity index (χ0) is 14.4. The van der Waals surface area contributed by atoms with Gasteiger partial charge in [-0.15, -0.1) is 0 Å². The van der Waals surface area contributed by atoms with Gasteiger partial charge in [0.25, 0.3) is 0 Å². The maximum atomic E-state index is 8.81. The van der Waals surface area contributed by atoms with Gasteiger partial charge in [0, 0.05) is 6.04 Å². The number of benzene rings is 1. The minimum Gasteiger partial charge on any atom is -0.310 e. The van der Waals surface area contributed by atoms with Crippen LogP contribution in [-0.4, -0.2) is 31.1 Å². The molecule has 1 heterocycles. The zero-order valence-electron chi connectivity index (χ0n) is 12.6. The highest BCUT2D eigenvalue weighted by molar-refractivity contribution is 5.32. The minimum atomic E-state index is 0.354. The van der Waals surface area contributed by atoms with Crippen LogP contribution < -0.4 is 5.32 Å². The van der Waals surface area contributed by atoms with Crippen molar-refractivity contribution in [2.24, 2.45) is 5.92 Å². The Morgan fingerprint density at radius 1 is 1.30 bits per heavy atom. The molecule has 0 amide bonds. The van der Waals surface area contributed by atoms with E-state index in [2.05, 4.69) is 42.3 Å². The van der Waals surface area contributed by atoms with Crippen LogP contribution in [-0.2, 0) is 0 Å². The summed E-state index contributed by atoms with van der Waals surface area (Å²) >= 11 is 0. The smallest absolute Gasteiger partial charge is 0.0991 e. The van der Waals surface area contributed by atoms with Gasteiger partial charge in [-0.1, -0.05) is 19.1 Å². The molecule has 1 fully saturated rings. The van der Waals surface area contributed by atoms with Crippen LogP contribution in [0.5, 0.6) is 0 Å². The molecule has 2 rings (SSSR count). The Morgan fingerprint density at radius 2 is 1.95 bits per heavy atom. The van der Waals surface area contributed by atoms with Crippen molar-refractivity contribution >= 4 is 0 Å². The average molecular weight is 271 g/mol. The largest absolute Gasteiger partial charge is 0.310 e. The highest BCUT2D eigenvalue weighted by atomic mass is 15.1. The van der Waals surface area contributed by atoms with E-state index in [9.17, 15) is 0 Å². The molecule has 1 saturated heterocycles. The van der Waals surface area contributed by atoms with Crippen LogP contribution in [0.25, 0.3) is 0 Å². The van der Waals surface area contributed by atoms with E-state index in [0.717, 1.165) is 18.0 Å². The van der Waals surface area contributed by atoms with Gasteiger partial charge in [0.15, 0.2) is 0 Å². The van der Waals surface area contributed by atoms with Crippen molar-refractivity contribution < 1.29 is 0 Å². The van der Waals surface area contributed by atoms with Crippen LogP contribution in [0.15, 0.2) is 24.3 Å². The first-order chi connectivity index (χ1) is 9.72. The summed E-state index contributed by atoms with van der Waals surface area (Å²) in [6.07, 6.45) is 2.61. The molecule has 20 heavy (non-hydrogen) atoms. The Kier molecular flexibility index (Phi) is 5.58. The van der Waals surface area contributed by atoms with Gasteiger partial charge in [-0.2, -0.15) is 5.26 Å². The van der Waals surface area contributed by atoms with Gasteiger partial charge in [0.2, 0.25) is 0 Å². The van der Waals surface area contributed by atoms with Crippen LogP contribution in [0.4, 0.5) is 0 Å². The Morgan fingerprint density at radius 3 is 2.50 bits per heavy atom. The summed E-state index contributed by atoms with van der Waals surface area (Å²) in [6, 6.07) is 10.4. The molecule has 1 aromatic rings. The molecule has 0 aromatic heterocycles. The number of nitrogens with zero attached hydrogens (tertiary/aromatic N) is 2. The van der Waals surface area contributed by atoms with Crippen LogP contribution in [0.2, 0.25) is 0 Å². The first kappa shape index (κ1) is 15.0. The fourth-order valence-electron chi connectivity index (χ4n) is 2.81. The maximum Gasteiger partial charge on any atom is 0.0991 e. The number of rotatable bonds is 5.